The summed E-state index contributed by atoms with van der Waals surface area (Å²) in [6.07, 6.45) is 1.14. The topological polar surface area (TPSA) is 39.7 Å². The molecule has 0 aliphatic carbocycles. The third-order valence-corrected chi connectivity index (χ3v) is 4.82. The molecule has 1 saturated heterocycles. The Bertz CT molecular complexity index is 451. The van der Waals surface area contributed by atoms with Crippen LogP contribution in [0.4, 0.5) is 0 Å². The van der Waals surface area contributed by atoms with Gasteiger partial charge in [-0.25, -0.2) is 0 Å². The fraction of sp³-hybridized carbons (Fsp3) is 0.600. The van der Waals surface area contributed by atoms with Crippen molar-refractivity contribution in [2.24, 2.45) is 0 Å². The zero-order valence-corrected chi connectivity index (χ0v) is 12.6. The second-order valence-electron chi connectivity index (χ2n) is 5.11. The van der Waals surface area contributed by atoms with Crippen molar-refractivity contribution in [3.63, 3.8) is 0 Å². The lowest BCUT2D eigenvalue weighted by atomic mass is 10.1. The minimum Gasteiger partial charge on any atom is -0.454 e. The first kappa shape index (κ1) is 14.0. The highest BCUT2D eigenvalue weighted by atomic mass is 32.2. The van der Waals surface area contributed by atoms with E-state index in [-0.39, 0.29) is 0 Å². The summed E-state index contributed by atoms with van der Waals surface area (Å²) in [5.74, 6) is 2.78. The van der Waals surface area contributed by atoms with Gasteiger partial charge in [0.05, 0.1) is 18.5 Å². The van der Waals surface area contributed by atoms with Gasteiger partial charge in [0, 0.05) is 11.8 Å². The molecule has 0 bridgehead atoms. The smallest absolute Gasteiger partial charge is 0.231 e. The molecule has 110 valence electrons. The molecule has 1 unspecified atom stereocenters. The van der Waals surface area contributed by atoms with E-state index in [1.807, 2.05) is 17.8 Å². The van der Waals surface area contributed by atoms with Gasteiger partial charge >= 0.3 is 0 Å². The molecule has 20 heavy (non-hydrogen) atoms. The van der Waals surface area contributed by atoms with Crippen LogP contribution in [0.5, 0.6) is 11.5 Å². The molecule has 1 N–H and O–H groups in total. The summed E-state index contributed by atoms with van der Waals surface area (Å²) in [5.41, 5.74) is 1.27. The SMILES string of the molecule is CCCNC(CSC1COC1)c1ccc2c(c1)OCO2. The van der Waals surface area contributed by atoms with Gasteiger partial charge in [0.2, 0.25) is 6.79 Å². The molecular weight excluding hydrogens is 274 g/mol. The van der Waals surface area contributed by atoms with Gasteiger partial charge in [-0.05, 0) is 30.7 Å². The van der Waals surface area contributed by atoms with Gasteiger partial charge in [-0.2, -0.15) is 11.8 Å². The second kappa shape index (κ2) is 6.70. The van der Waals surface area contributed by atoms with Crippen LogP contribution in [0.25, 0.3) is 0 Å². The number of hydrogen-bond acceptors (Lipinski definition) is 5. The minimum absolute atomic E-state index is 0.333. The molecule has 3 rings (SSSR count). The normalized spacial score (nSPS) is 18.9. The second-order valence-corrected chi connectivity index (χ2v) is 6.45. The van der Waals surface area contributed by atoms with E-state index in [1.165, 1.54) is 5.56 Å². The van der Waals surface area contributed by atoms with Crippen molar-refractivity contribution >= 4 is 11.8 Å². The Kier molecular flexibility index (Phi) is 4.70. The highest BCUT2D eigenvalue weighted by Gasteiger charge is 2.22. The third-order valence-electron chi connectivity index (χ3n) is 3.55. The van der Waals surface area contributed by atoms with Crippen molar-refractivity contribution in [2.45, 2.75) is 24.6 Å². The first-order valence-corrected chi connectivity index (χ1v) is 8.24. The van der Waals surface area contributed by atoms with Crippen LogP contribution in [0.15, 0.2) is 18.2 Å². The van der Waals surface area contributed by atoms with Crippen LogP contribution < -0.4 is 14.8 Å². The summed E-state index contributed by atoms with van der Waals surface area (Å²) in [7, 11) is 0. The molecule has 4 nitrogen and oxygen atoms in total. The lowest BCUT2D eigenvalue weighted by Gasteiger charge is -2.28. The number of thioether (sulfide) groups is 1. The highest BCUT2D eigenvalue weighted by Crippen LogP contribution is 2.35. The number of benzene rings is 1. The molecule has 2 aliphatic heterocycles. The Morgan fingerprint density at radius 2 is 2.15 bits per heavy atom. The number of fused-ring (bicyclic) bond motifs is 1. The lowest BCUT2D eigenvalue weighted by Crippen LogP contribution is -2.32. The van der Waals surface area contributed by atoms with Gasteiger partial charge in [-0.3, -0.25) is 0 Å². The number of nitrogens with one attached hydrogen (secondary N) is 1. The molecule has 1 aromatic rings. The largest absolute Gasteiger partial charge is 0.454 e. The predicted octanol–water partition coefficient (Wildman–Crippen LogP) is 2.59. The maximum atomic E-state index is 5.47. The summed E-state index contributed by atoms with van der Waals surface area (Å²) in [6, 6.07) is 6.61. The molecule has 2 aliphatic rings. The van der Waals surface area contributed by atoms with E-state index in [9.17, 15) is 0 Å². The average molecular weight is 295 g/mol. The van der Waals surface area contributed by atoms with E-state index in [0.717, 1.165) is 43.4 Å². The first-order valence-electron chi connectivity index (χ1n) is 7.19. The number of ether oxygens (including phenoxy) is 3. The van der Waals surface area contributed by atoms with Gasteiger partial charge in [-0.1, -0.05) is 13.0 Å². The fourth-order valence-electron chi connectivity index (χ4n) is 2.26. The fourth-order valence-corrected chi connectivity index (χ4v) is 3.42. The average Bonchev–Trinajstić information content (AvgIpc) is 2.87. The molecule has 0 aromatic heterocycles. The molecule has 2 heterocycles. The highest BCUT2D eigenvalue weighted by molar-refractivity contribution is 8.00. The van der Waals surface area contributed by atoms with Crippen LogP contribution in [0, 0.1) is 0 Å². The Morgan fingerprint density at radius 1 is 1.30 bits per heavy atom. The van der Waals surface area contributed by atoms with Crippen molar-refractivity contribution in [3.05, 3.63) is 23.8 Å². The predicted molar refractivity (Wildman–Crippen MR) is 80.7 cm³/mol. The lowest BCUT2D eigenvalue weighted by molar-refractivity contribution is 0.0455. The summed E-state index contributed by atoms with van der Waals surface area (Å²) in [4.78, 5) is 0. The molecule has 0 saturated carbocycles. The van der Waals surface area contributed by atoms with E-state index in [1.54, 1.807) is 0 Å². The standard InChI is InChI=1S/C15H21NO3S/c1-2-5-16-13(9-20-12-7-17-8-12)11-3-4-14-15(6-11)19-10-18-14/h3-4,6,12-13,16H,2,5,7-10H2,1H3. The van der Waals surface area contributed by atoms with Crippen molar-refractivity contribution in [2.75, 3.05) is 32.3 Å². The molecule has 1 fully saturated rings. The maximum Gasteiger partial charge on any atom is 0.231 e. The van der Waals surface area contributed by atoms with Gasteiger partial charge in [0.1, 0.15) is 0 Å². The van der Waals surface area contributed by atoms with E-state index in [4.69, 9.17) is 14.2 Å². The summed E-state index contributed by atoms with van der Waals surface area (Å²) in [5, 5.41) is 4.28. The zero-order chi connectivity index (χ0) is 13.8. The monoisotopic (exact) mass is 295 g/mol. The zero-order valence-electron chi connectivity index (χ0n) is 11.8. The molecular formula is C15H21NO3S. The molecule has 0 radical (unpaired) electrons. The summed E-state index contributed by atoms with van der Waals surface area (Å²) >= 11 is 1.99. The van der Waals surface area contributed by atoms with Crippen molar-refractivity contribution in [3.8, 4) is 11.5 Å². The first-order chi connectivity index (χ1) is 9.86. The number of hydrogen-bond donors (Lipinski definition) is 1. The molecule has 5 heteroatoms. The van der Waals surface area contributed by atoms with E-state index >= 15 is 0 Å². The summed E-state index contributed by atoms with van der Waals surface area (Å²) in [6.45, 7) is 5.34. The van der Waals surface area contributed by atoms with Crippen LogP contribution in [0.1, 0.15) is 24.9 Å². The maximum absolute atomic E-state index is 5.47. The quantitative estimate of drug-likeness (QED) is 0.837. The van der Waals surface area contributed by atoms with Crippen LogP contribution in [-0.2, 0) is 4.74 Å². The van der Waals surface area contributed by atoms with Gasteiger partial charge < -0.3 is 19.5 Å². The Labute approximate surface area is 124 Å². The van der Waals surface area contributed by atoms with Crippen molar-refractivity contribution in [1.29, 1.82) is 0 Å². The van der Waals surface area contributed by atoms with Crippen LogP contribution in [0.3, 0.4) is 0 Å². The van der Waals surface area contributed by atoms with Gasteiger partial charge in [0.15, 0.2) is 11.5 Å². The Morgan fingerprint density at radius 3 is 2.90 bits per heavy atom. The van der Waals surface area contributed by atoms with Gasteiger partial charge in [0.25, 0.3) is 0 Å². The van der Waals surface area contributed by atoms with Crippen LogP contribution >= 0.6 is 11.8 Å². The van der Waals surface area contributed by atoms with E-state index in [0.29, 0.717) is 18.1 Å². The molecule has 1 atom stereocenters. The third kappa shape index (κ3) is 3.22. The Balaban J connectivity index is 1.66. The minimum atomic E-state index is 0.333. The van der Waals surface area contributed by atoms with E-state index < -0.39 is 0 Å². The summed E-state index contributed by atoms with van der Waals surface area (Å²) < 4.78 is 16.1. The molecule has 0 amide bonds. The van der Waals surface area contributed by atoms with E-state index in [2.05, 4.69) is 24.4 Å². The van der Waals surface area contributed by atoms with Crippen molar-refractivity contribution < 1.29 is 14.2 Å². The molecule has 0 spiro atoms. The van der Waals surface area contributed by atoms with Crippen LogP contribution in [0.2, 0.25) is 0 Å². The molecule has 1 aromatic carbocycles. The Hall–Kier alpha value is -0.910. The number of rotatable bonds is 7. The van der Waals surface area contributed by atoms with Gasteiger partial charge in [-0.15, -0.1) is 0 Å². The van der Waals surface area contributed by atoms with Crippen LogP contribution in [-0.4, -0.2) is 37.6 Å². The van der Waals surface area contributed by atoms with Crippen molar-refractivity contribution in [1.82, 2.24) is 5.32 Å².